The molecular formula is C13H16F3N3O4. The second-order valence-corrected chi connectivity index (χ2v) is 4.86. The first-order valence-electron chi connectivity index (χ1n) is 6.92. The summed E-state index contributed by atoms with van der Waals surface area (Å²) in [7, 11) is 0. The molecule has 0 radical (unpaired) electrons. The SMILES string of the molecule is CCCN(CCC)c1cc([N+](=O)[O-])c(C(F)(F)F)c([N+](=O)[O-])c1. The van der Waals surface area contributed by atoms with Crippen molar-refractivity contribution in [3.63, 3.8) is 0 Å². The number of rotatable bonds is 7. The van der Waals surface area contributed by atoms with Gasteiger partial charge in [-0.2, -0.15) is 13.2 Å². The lowest BCUT2D eigenvalue weighted by Gasteiger charge is -2.24. The summed E-state index contributed by atoms with van der Waals surface area (Å²) in [5.41, 5.74) is -4.40. The van der Waals surface area contributed by atoms with Crippen LogP contribution in [0.1, 0.15) is 32.3 Å². The quantitative estimate of drug-likeness (QED) is 0.551. The number of hydrogen-bond donors (Lipinski definition) is 0. The molecule has 1 aromatic carbocycles. The van der Waals surface area contributed by atoms with E-state index in [1.165, 1.54) is 0 Å². The van der Waals surface area contributed by atoms with E-state index in [-0.39, 0.29) is 5.69 Å². The monoisotopic (exact) mass is 335 g/mol. The van der Waals surface area contributed by atoms with Gasteiger partial charge < -0.3 is 4.90 Å². The van der Waals surface area contributed by atoms with E-state index in [9.17, 15) is 33.4 Å². The highest BCUT2D eigenvalue weighted by atomic mass is 19.4. The molecule has 0 aliphatic heterocycles. The number of hydrogen-bond acceptors (Lipinski definition) is 5. The highest BCUT2D eigenvalue weighted by Gasteiger charge is 2.46. The van der Waals surface area contributed by atoms with Crippen LogP contribution in [0, 0.1) is 20.2 Å². The second kappa shape index (κ2) is 7.25. The maximum absolute atomic E-state index is 13.0. The summed E-state index contributed by atoms with van der Waals surface area (Å²) in [6.45, 7) is 4.51. The van der Waals surface area contributed by atoms with Crippen LogP contribution in [-0.2, 0) is 6.18 Å². The summed E-state index contributed by atoms with van der Waals surface area (Å²) in [5, 5.41) is 22.0. The Kier molecular flexibility index (Phi) is 5.88. The van der Waals surface area contributed by atoms with Crippen LogP contribution < -0.4 is 4.90 Å². The van der Waals surface area contributed by atoms with Crippen LogP contribution in [0.25, 0.3) is 0 Å². The van der Waals surface area contributed by atoms with E-state index in [1.54, 1.807) is 4.90 Å². The Hall–Kier alpha value is -2.39. The lowest BCUT2D eigenvalue weighted by Crippen LogP contribution is -2.25. The number of nitrogens with zero attached hydrogens (tertiary/aromatic N) is 3. The van der Waals surface area contributed by atoms with Gasteiger partial charge in [-0.05, 0) is 12.8 Å². The summed E-state index contributed by atoms with van der Waals surface area (Å²) in [4.78, 5) is 21.1. The standard InChI is InChI=1S/C13H16F3N3O4/c1-3-5-17(6-4-2)9-7-10(18(20)21)12(13(14,15)16)11(8-9)19(22)23/h7-8H,3-6H2,1-2H3. The zero-order valence-corrected chi connectivity index (χ0v) is 12.6. The van der Waals surface area contributed by atoms with Crippen molar-refractivity contribution < 1.29 is 23.0 Å². The average Bonchev–Trinajstić information content (AvgIpc) is 2.44. The molecule has 0 unspecified atom stereocenters. The van der Waals surface area contributed by atoms with Gasteiger partial charge in [-0.25, -0.2) is 0 Å². The van der Waals surface area contributed by atoms with E-state index in [4.69, 9.17) is 0 Å². The second-order valence-electron chi connectivity index (χ2n) is 4.86. The van der Waals surface area contributed by atoms with Crippen molar-refractivity contribution >= 4 is 17.1 Å². The molecule has 0 heterocycles. The number of anilines is 1. The molecule has 1 rings (SSSR count). The van der Waals surface area contributed by atoms with E-state index in [0.717, 1.165) is 12.1 Å². The Bertz CT molecular complexity index is 564. The van der Waals surface area contributed by atoms with Gasteiger partial charge in [0.05, 0.1) is 15.5 Å². The molecular weight excluding hydrogens is 319 g/mol. The number of benzene rings is 1. The molecule has 7 nitrogen and oxygen atoms in total. The smallest absolute Gasteiger partial charge is 0.371 e. The van der Waals surface area contributed by atoms with Crippen LogP contribution in [0.4, 0.5) is 30.2 Å². The lowest BCUT2D eigenvalue weighted by molar-refractivity contribution is -0.399. The number of alkyl halides is 3. The van der Waals surface area contributed by atoms with Crippen molar-refractivity contribution in [2.24, 2.45) is 0 Å². The van der Waals surface area contributed by atoms with Crippen molar-refractivity contribution in [1.82, 2.24) is 0 Å². The largest absolute Gasteiger partial charge is 0.429 e. The summed E-state index contributed by atoms with van der Waals surface area (Å²) in [6.07, 6.45) is -3.91. The number of nitro groups is 2. The molecule has 10 heteroatoms. The summed E-state index contributed by atoms with van der Waals surface area (Å²) < 4.78 is 39.1. The van der Waals surface area contributed by atoms with Crippen LogP contribution in [0.3, 0.4) is 0 Å². The molecule has 0 fully saturated rings. The highest BCUT2D eigenvalue weighted by molar-refractivity contribution is 5.66. The Balaban J connectivity index is 3.65. The van der Waals surface area contributed by atoms with Gasteiger partial charge in [0.2, 0.25) is 5.56 Å². The van der Waals surface area contributed by atoms with E-state index < -0.39 is 33.0 Å². The number of nitro benzene ring substituents is 2. The Morgan fingerprint density at radius 2 is 1.39 bits per heavy atom. The van der Waals surface area contributed by atoms with Crippen LogP contribution in [0.2, 0.25) is 0 Å². The fourth-order valence-corrected chi connectivity index (χ4v) is 2.27. The van der Waals surface area contributed by atoms with Crippen molar-refractivity contribution in [3.05, 3.63) is 37.9 Å². The fraction of sp³-hybridized carbons (Fsp3) is 0.538. The molecule has 128 valence electrons. The molecule has 1 aromatic rings. The lowest BCUT2D eigenvalue weighted by atomic mass is 10.1. The zero-order valence-electron chi connectivity index (χ0n) is 12.6. The number of halogens is 3. The summed E-state index contributed by atoms with van der Waals surface area (Å²) >= 11 is 0. The third kappa shape index (κ3) is 4.30. The third-order valence-electron chi connectivity index (χ3n) is 3.11. The van der Waals surface area contributed by atoms with Gasteiger partial charge in [0.1, 0.15) is 0 Å². The Labute approximate surface area is 130 Å². The Morgan fingerprint density at radius 1 is 1.00 bits per heavy atom. The van der Waals surface area contributed by atoms with Crippen molar-refractivity contribution in [3.8, 4) is 0 Å². The van der Waals surface area contributed by atoms with Crippen LogP contribution in [-0.4, -0.2) is 22.9 Å². The van der Waals surface area contributed by atoms with Gasteiger partial charge >= 0.3 is 6.18 Å². The maximum atomic E-state index is 13.0. The molecule has 0 aliphatic carbocycles. The minimum absolute atomic E-state index is 0.0418. The van der Waals surface area contributed by atoms with Crippen molar-refractivity contribution in [2.45, 2.75) is 32.9 Å². The van der Waals surface area contributed by atoms with Gasteiger partial charge in [0, 0.05) is 25.2 Å². The zero-order chi connectivity index (χ0) is 17.8. The molecule has 0 saturated carbocycles. The van der Waals surface area contributed by atoms with Crippen molar-refractivity contribution in [1.29, 1.82) is 0 Å². The predicted molar refractivity (Wildman–Crippen MR) is 77.5 cm³/mol. The minimum atomic E-state index is -5.19. The normalized spacial score (nSPS) is 11.3. The van der Waals surface area contributed by atoms with Gasteiger partial charge in [-0.1, -0.05) is 13.8 Å². The molecule has 23 heavy (non-hydrogen) atoms. The molecule has 0 amide bonds. The predicted octanol–water partition coefficient (Wildman–Crippen LogP) is 4.15. The first kappa shape index (κ1) is 18.7. The molecule has 0 N–H and O–H groups in total. The molecule has 0 saturated heterocycles. The van der Waals surface area contributed by atoms with Gasteiger partial charge in [-0.3, -0.25) is 20.2 Å². The van der Waals surface area contributed by atoms with E-state index in [1.807, 2.05) is 13.8 Å². The van der Waals surface area contributed by atoms with Crippen molar-refractivity contribution in [2.75, 3.05) is 18.0 Å². The summed E-state index contributed by atoms with van der Waals surface area (Å²) in [6, 6.07) is 1.50. The average molecular weight is 335 g/mol. The third-order valence-corrected chi connectivity index (χ3v) is 3.11. The van der Waals surface area contributed by atoms with Gasteiger partial charge in [0.15, 0.2) is 0 Å². The van der Waals surface area contributed by atoms with Crippen LogP contribution in [0.15, 0.2) is 12.1 Å². The van der Waals surface area contributed by atoms with Gasteiger partial charge in [-0.15, -0.1) is 0 Å². The topological polar surface area (TPSA) is 89.5 Å². The van der Waals surface area contributed by atoms with E-state index in [0.29, 0.717) is 25.9 Å². The molecule has 0 aliphatic rings. The molecule has 0 bridgehead atoms. The van der Waals surface area contributed by atoms with Crippen LogP contribution >= 0.6 is 0 Å². The van der Waals surface area contributed by atoms with Gasteiger partial charge in [0.25, 0.3) is 11.4 Å². The highest BCUT2D eigenvalue weighted by Crippen LogP contribution is 2.44. The summed E-state index contributed by atoms with van der Waals surface area (Å²) in [5.74, 6) is 0. The first-order valence-corrected chi connectivity index (χ1v) is 6.92. The van der Waals surface area contributed by atoms with E-state index >= 15 is 0 Å². The fourth-order valence-electron chi connectivity index (χ4n) is 2.27. The molecule has 0 atom stereocenters. The van der Waals surface area contributed by atoms with E-state index in [2.05, 4.69) is 0 Å². The Morgan fingerprint density at radius 3 is 1.65 bits per heavy atom. The molecule has 0 spiro atoms. The maximum Gasteiger partial charge on any atom is 0.429 e. The first-order chi connectivity index (χ1) is 10.6. The minimum Gasteiger partial charge on any atom is -0.371 e. The molecule has 0 aromatic heterocycles. The van der Waals surface area contributed by atoms with Crippen LogP contribution in [0.5, 0.6) is 0 Å².